The van der Waals surface area contributed by atoms with Gasteiger partial charge >= 0.3 is 0 Å². The third-order valence-electron chi connectivity index (χ3n) is 3.33. The maximum Gasteiger partial charge on any atom is -0.0228 e. The minimum atomic E-state index is 0.991. The Balaban J connectivity index is 0.000000285. The first-order chi connectivity index (χ1) is 8.72. The molecule has 2 aliphatic rings. The van der Waals surface area contributed by atoms with E-state index in [1.54, 1.807) is 0 Å². The Bertz CT molecular complexity index is 254. The summed E-state index contributed by atoms with van der Waals surface area (Å²) < 4.78 is 0. The van der Waals surface area contributed by atoms with Crippen molar-refractivity contribution in [3.8, 4) is 0 Å². The van der Waals surface area contributed by atoms with Crippen molar-refractivity contribution in [3.63, 3.8) is 0 Å². The number of hydrogen-bond donors (Lipinski definition) is 0. The van der Waals surface area contributed by atoms with Crippen LogP contribution in [0.1, 0.15) is 52.4 Å². The van der Waals surface area contributed by atoms with Crippen molar-refractivity contribution in [2.45, 2.75) is 52.4 Å². The Hall–Kier alpha value is -1.04. The zero-order valence-electron chi connectivity index (χ0n) is 12.3. The average molecular weight is 246 g/mol. The second-order valence-corrected chi connectivity index (χ2v) is 5.22. The number of unbranched alkanes of at least 4 members (excludes halogenated alkanes) is 2. The molecule has 0 radical (unpaired) electrons. The van der Waals surface area contributed by atoms with Crippen LogP contribution in [0.5, 0.6) is 0 Å². The van der Waals surface area contributed by atoms with Crippen LogP contribution in [0.2, 0.25) is 0 Å². The molecule has 0 spiro atoms. The van der Waals surface area contributed by atoms with Crippen molar-refractivity contribution >= 4 is 0 Å². The lowest BCUT2D eigenvalue weighted by atomic mass is 10.1. The summed E-state index contributed by atoms with van der Waals surface area (Å²) in [6.07, 6.45) is 17.0. The van der Waals surface area contributed by atoms with Crippen molar-refractivity contribution < 1.29 is 0 Å². The van der Waals surface area contributed by atoms with Gasteiger partial charge in [0.15, 0.2) is 0 Å². The Morgan fingerprint density at radius 2 is 1.67 bits per heavy atom. The van der Waals surface area contributed by atoms with E-state index in [0.29, 0.717) is 0 Å². The molecular formula is C18H30. The van der Waals surface area contributed by atoms with Gasteiger partial charge in [-0.3, -0.25) is 0 Å². The van der Waals surface area contributed by atoms with Crippen molar-refractivity contribution in [2.24, 2.45) is 11.8 Å². The third kappa shape index (κ3) is 8.11. The van der Waals surface area contributed by atoms with E-state index in [4.69, 9.17) is 0 Å². The molecule has 18 heavy (non-hydrogen) atoms. The molecule has 1 saturated carbocycles. The molecule has 0 aromatic heterocycles. The molecule has 2 unspecified atom stereocenters. The molecule has 0 aromatic carbocycles. The van der Waals surface area contributed by atoms with Crippen LogP contribution in [0.25, 0.3) is 0 Å². The van der Waals surface area contributed by atoms with Crippen molar-refractivity contribution in [1.29, 1.82) is 0 Å². The van der Waals surface area contributed by atoms with Crippen LogP contribution in [0.4, 0.5) is 0 Å². The van der Waals surface area contributed by atoms with Gasteiger partial charge in [0.2, 0.25) is 0 Å². The highest BCUT2D eigenvalue weighted by molar-refractivity contribution is 5.06. The van der Waals surface area contributed by atoms with Gasteiger partial charge in [0, 0.05) is 0 Å². The Morgan fingerprint density at radius 1 is 1.11 bits per heavy atom. The van der Waals surface area contributed by atoms with E-state index >= 15 is 0 Å². The van der Waals surface area contributed by atoms with Crippen LogP contribution >= 0.6 is 0 Å². The van der Waals surface area contributed by atoms with Gasteiger partial charge in [-0.1, -0.05) is 29.9 Å². The highest BCUT2D eigenvalue weighted by Gasteiger charge is 2.25. The van der Waals surface area contributed by atoms with Gasteiger partial charge in [0.25, 0.3) is 0 Å². The summed E-state index contributed by atoms with van der Waals surface area (Å²) in [5.41, 5.74) is 1.42. The molecule has 2 atom stereocenters. The Kier molecular flexibility index (Phi) is 10.4. The van der Waals surface area contributed by atoms with Crippen LogP contribution in [0.3, 0.4) is 0 Å². The van der Waals surface area contributed by atoms with E-state index in [1.165, 1.54) is 37.7 Å². The number of rotatable bonds is 4. The van der Waals surface area contributed by atoms with Crippen molar-refractivity contribution in [1.82, 2.24) is 0 Å². The first-order valence-electron chi connectivity index (χ1n) is 7.15. The van der Waals surface area contributed by atoms with Gasteiger partial charge in [-0.25, -0.2) is 0 Å². The van der Waals surface area contributed by atoms with Crippen LogP contribution in [0, 0.1) is 11.8 Å². The van der Waals surface area contributed by atoms with Crippen LogP contribution in [0.15, 0.2) is 49.6 Å². The van der Waals surface area contributed by atoms with Crippen LogP contribution in [-0.2, 0) is 0 Å². The molecule has 1 fully saturated rings. The summed E-state index contributed by atoms with van der Waals surface area (Å²) in [6.45, 7) is 13.9. The smallest absolute Gasteiger partial charge is 0.0228 e. The summed E-state index contributed by atoms with van der Waals surface area (Å²) in [7, 11) is 0. The second kappa shape index (κ2) is 11.1. The molecule has 2 rings (SSSR count). The SMILES string of the molecule is C1=CC2CCC1C2.C=C.C=CCCCC=C(C)C. The fourth-order valence-electron chi connectivity index (χ4n) is 2.37. The van der Waals surface area contributed by atoms with Gasteiger partial charge in [-0.2, -0.15) is 0 Å². The van der Waals surface area contributed by atoms with E-state index < -0.39 is 0 Å². The summed E-state index contributed by atoms with van der Waals surface area (Å²) in [5.74, 6) is 1.98. The molecule has 0 heteroatoms. The number of fused-ring (bicyclic) bond motifs is 2. The molecule has 0 saturated heterocycles. The largest absolute Gasteiger partial charge is 0.106 e. The maximum atomic E-state index is 3.66. The van der Waals surface area contributed by atoms with Gasteiger partial charge in [-0.15, -0.1) is 19.7 Å². The monoisotopic (exact) mass is 246 g/mol. The summed E-state index contributed by atoms with van der Waals surface area (Å²) in [5, 5.41) is 0. The highest BCUT2D eigenvalue weighted by atomic mass is 14.3. The summed E-state index contributed by atoms with van der Waals surface area (Å²) in [4.78, 5) is 0. The first-order valence-corrected chi connectivity index (χ1v) is 7.15. The molecule has 102 valence electrons. The zero-order valence-corrected chi connectivity index (χ0v) is 12.3. The summed E-state index contributed by atoms with van der Waals surface area (Å²) in [6, 6.07) is 0. The van der Waals surface area contributed by atoms with Gasteiger partial charge in [0.1, 0.15) is 0 Å². The Morgan fingerprint density at radius 3 is 1.94 bits per heavy atom. The lowest BCUT2D eigenvalue weighted by Gasteiger charge is -1.96. The normalized spacial score (nSPS) is 22.3. The quantitative estimate of drug-likeness (QED) is 0.416. The first kappa shape index (κ1) is 17.0. The topological polar surface area (TPSA) is 0 Å². The van der Waals surface area contributed by atoms with E-state index in [1.807, 2.05) is 6.08 Å². The van der Waals surface area contributed by atoms with Crippen molar-refractivity contribution in [2.75, 3.05) is 0 Å². The van der Waals surface area contributed by atoms with Crippen LogP contribution in [-0.4, -0.2) is 0 Å². The third-order valence-corrected chi connectivity index (χ3v) is 3.33. The average Bonchev–Trinajstić information content (AvgIpc) is 3.02. The molecular weight excluding hydrogens is 216 g/mol. The number of allylic oxidation sites excluding steroid dienone is 5. The predicted molar refractivity (Wildman–Crippen MR) is 84.7 cm³/mol. The fraction of sp³-hybridized carbons (Fsp3) is 0.556. The molecule has 2 aliphatic carbocycles. The summed E-state index contributed by atoms with van der Waals surface area (Å²) >= 11 is 0. The second-order valence-electron chi connectivity index (χ2n) is 5.22. The Labute approximate surface area is 114 Å². The lowest BCUT2D eigenvalue weighted by Crippen LogP contribution is -1.82. The predicted octanol–water partition coefficient (Wildman–Crippen LogP) is 6.08. The van der Waals surface area contributed by atoms with Gasteiger partial charge in [-0.05, 0) is 64.2 Å². The standard InChI is InChI=1S/C9H16.C7H10.C2H4/c1-4-5-6-7-8-9(2)3;1-2-7-4-3-6(1)5-7;1-2/h4,8H,1,5-7H2,2-3H3;1-2,6-7H,3-5H2;1-2H2. The molecule has 2 bridgehead atoms. The van der Waals surface area contributed by atoms with Crippen molar-refractivity contribution in [3.05, 3.63) is 49.6 Å². The lowest BCUT2D eigenvalue weighted by molar-refractivity contribution is 0.691. The van der Waals surface area contributed by atoms with E-state index in [2.05, 4.69) is 51.8 Å². The van der Waals surface area contributed by atoms with E-state index in [0.717, 1.165) is 18.3 Å². The minimum absolute atomic E-state index is 0.991. The fourth-order valence-corrected chi connectivity index (χ4v) is 2.37. The zero-order chi connectivity index (χ0) is 13.8. The van der Waals surface area contributed by atoms with E-state index in [9.17, 15) is 0 Å². The highest BCUT2D eigenvalue weighted by Crippen LogP contribution is 2.38. The van der Waals surface area contributed by atoms with E-state index in [-0.39, 0.29) is 0 Å². The molecule has 0 N–H and O–H groups in total. The molecule has 0 amide bonds. The minimum Gasteiger partial charge on any atom is -0.106 e. The molecule has 0 aliphatic heterocycles. The maximum absolute atomic E-state index is 3.66. The van der Waals surface area contributed by atoms with Gasteiger partial charge < -0.3 is 0 Å². The molecule has 0 nitrogen and oxygen atoms in total. The van der Waals surface area contributed by atoms with Crippen LogP contribution < -0.4 is 0 Å². The molecule has 0 heterocycles. The molecule has 0 aromatic rings. The number of hydrogen-bond acceptors (Lipinski definition) is 0. The van der Waals surface area contributed by atoms with Gasteiger partial charge in [0.05, 0.1) is 0 Å².